The highest BCUT2D eigenvalue weighted by atomic mass is 32.3. The summed E-state index contributed by atoms with van der Waals surface area (Å²) in [5, 5.41) is 42.8. The van der Waals surface area contributed by atoms with Gasteiger partial charge in [0.2, 0.25) is 12.2 Å². The van der Waals surface area contributed by atoms with E-state index in [0.717, 1.165) is 21.1 Å². The van der Waals surface area contributed by atoms with Crippen LogP contribution < -0.4 is 5.32 Å². The molecule has 2 aliphatic rings. The number of rotatable bonds is 8. The second-order valence-electron chi connectivity index (χ2n) is 6.89. The minimum Gasteiger partial charge on any atom is -0.479 e. The van der Waals surface area contributed by atoms with E-state index >= 15 is 0 Å². The van der Waals surface area contributed by atoms with Crippen LogP contribution in [-0.2, 0) is 47.9 Å². The number of aliphatic hydroxyl groups excluding tert-OH is 3. The van der Waals surface area contributed by atoms with Crippen molar-refractivity contribution < 1.29 is 70.9 Å². The fourth-order valence-electron chi connectivity index (χ4n) is 3.34. The van der Waals surface area contributed by atoms with E-state index in [2.05, 4.69) is 9.50 Å². The quantitative estimate of drug-likeness (QED) is 0.177. The number of carbonyl (C=O) groups is 2. The number of aliphatic carboxylic acids is 1. The molecule has 0 aromatic heterocycles. The molecule has 0 bridgehead atoms. The van der Waals surface area contributed by atoms with Crippen LogP contribution in [0.4, 0.5) is 0 Å². The van der Waals surface area contributed by atoms with Gasteiger partial charge in [0.1, 0.15) is 36.6 Å². The second kappa shape index (κ2) is 10.6. The van der Waals surface area contributed by atoms with Crippen LogP contribution in [0.15, 0.2) is 0 Å². The van der Waals surface area contributed by atoms with E-state index in [-0.39, 0.29) is 0 Å². The van der Waals surface area contributed by atoms with Crippen LogP contribution in [0.2, 0.25) is 0 Å². The molecule has 0 aromatic rings. The number of methoxy groups -OCH3 is 2. The first kappa shape index (κ1) is 26.7. The molecule has 0 aliphatic carbocycles. The maximum Gasteiger partial charge on any atom is 0.399 e. The van der Waals surface area contributed by atoms with Crippen molar-refractivity contribution in [3.8, 4) is 0 Å². The van der Waals surface area contributed by atoms with Gasteiger partial charge in [-0.15, -0.1) is 0 Å². The highest BCUT2D eigenvalue weighted by Gasteiger charge is 2.54. The van der Waals surface area contributed by atoms with Gasteiger partial charge in [-0.2, -0.15) is 8.42 Å². The smallest absolute Gasteiger partial charge is 0.399 e. The van der Waals surface area contributed by atoms with Crippen molar-refractivity contribution >= 4 is 22.3 Å². The molecule has 2 saturated heterocycles. The van der Waals surface area contributed by atoms with Gasteiger partial charge in [0.15, 0.2) is 18.7 Å². The molecule has 6 N–H and O–H groups in total. The molecular formula is C15H25NO15S. The first-order chi connectivity index (χ1) is 14.8. The van der Waals surface area contributed by atoms with Crippen molar-refractivity contribution in [1.82, 2.24) is 5.32 Å². The van der Waals surface area contributed by atoms with Crippen molar-refractivity contribution in [2.75, 3.05) is 14.2 Å². The summed E-state index contributed by atoms with van der Waals surface area (Å²) in [6.45, 7) is 1.09. The number of amides is 1. The summed E-state index contributed by atoms with van der Waals surface area (Å²) in [4.78, 5) is 23.1. The van der Waals surface area contributed by atoms with Crippen molar-refractivity contribution in [3.05, 3.63) is 0 Å². The van der Waals surface area contributed by atoms with Gasteiger partial charge in [-0.25, -0.2) is 8.98 Å². The number of nitrogens with one attached hydrogen (secondary N) is 1. The molecule has 0 saturated carbocycles. The summed E-state index contributed by atoms with van der Waals surface area (Å²) in [7, 11) is -2.96. The fourth-order valence-corrected chi connectivity index (χ4v) is 3.74. The Morgan fingerprint density at radius 2 is 1.53 bits per heavy atom. The zero-order valence-corrected chi connectivity index (χ0v) is 17.8. The number of hydrogen-bond donors (Lipinski definition) is 6. The molecule has 186 valence electrons. The summed E-state index contributed by atoms with van der Waals surface area (Å²) in [6.07, 6.45) is -16.3. The molecular weight excluding hydrogens is 466 g/mol. The SMILES string of the molecule is CO[C@H]1O[C@H](OS(=O)(=O)O)[C@@H](O)C(O[C@H]2O[C@H](C(=O)O)[C@@H](OC)C(O)C2O)C1NC(C)=O. The lowest BCUT2D eigenvalue weighted by Gasteiger charge is -2.46. The first-order valence-electron chi connectivity index (χ1n) is 9.02. The third kappa shape index (κ3) is 6.08. The topological polar surface area (TPSA) is 237 Å². The van der Waals surface area contributed by atoms with E-state index < -0.39 is 83.8 Å². The fraction of sp³-hybridized carbons (Fsp3) is 0.867. The molecule has 10 atom stereocenters. The van der Waals surface area contributed by atoms with Crippen molar-refractivity contribution in [2.24, 2.45) is 0 Å². The standard InChI is InChI=1S/C15H25NO15S/c1-4(17)16-5-9(8(20)15(30-13(5)27-3)31-32(23,24)25)28-14-7(19)6(18)10(26-2)11(29-14)12(21)22/h5-11,13-15,18-20H,1-3H3,(H,16,17)(H,21,22)(H,23,24,25)/t5?,6?,7?,8-,9?,10-,11-,13-,14-,15+/m0/s1. The van der Waals surface area contributed by atoms with Crippen molar-refractivity contribution in [3.63, 3.8) is 0 Å². The Balaban J connectivity index is 2.37. The van der Waals surface area contributed by atoms with Gasteiger partial charge in [-0.05, 0) is 0 Å². The van der Waals surface area contributed by atoms with Crippen molar-refractivity contribution in [1.29, 1.82) is 0 Å². The number of aliphatic hydroxyl groups is 3. The average molecular weight is 491 g/mol. The third-order valence-corrected chi connectivity index (χ3v) is 5.13. The molecule has 1 amide bonds. The van der Waals surface area contributed by atoms with Gasteiger partial charge in [-0.1, -0.05) is 0 Å². The maximum absolute atomic E-state index is 11.6. The Morgan fingerprint density at radius 3 is 2.00 bits per heavy atom. The van der Waals surface area contributed by atoms with Gasteiger partial charge in [0, 0.05) is 21.1 Å². The lowest BCUT2D eigenvalue weighted by Crippen LogP contribution is -2.68. The maximum atomic E-state index is 11.6. The summed E-state index contributed by atoms with van der Waals surface area (Å²) in [5.74, 6) is -2.23. The van der Waals surface area contributed by atoms with Crippen LogP contribution in [0.1, 0.15) is 6.92 Å². The van der Waals surface area contributed by atoms with E-state index in [0.29, 0.717) is 0 Å². The molecule has 17 heteroatoms. The third-order valence-electron chi connectivity index (χ3n) is 4.70. The molecule has 2 fully saturated rings. The summed E-state index contributed by atoms with van der Waals surface area (Å²) < 4.78 is 61.0. The largest absolute Gasteiger partial charge is 0.479 e. The lowest BCUT2D eigenvalue weighted by molar-refractivity contribution is -0.353. The zero-order valence-electron chi connectivity index (χ0n) is 17.0. The summed E-state index contributed by atoms with van der Waals surface area (Å²) >= 11 is 0. The predicted molar refractivity (Wildman–Crippen MR) is 95.9 cm³/mol. The monoisotopic (exact) mass is 491 g/mol. The second-order valence-corrected chi connectivity index (χ2v) is 7.94. The Morgan fingerprint density at radius 1 is 0.906 bits per heavy atom. The Bertz CT molecular complexity index is 777. The predicted octanol–water partition coefficient (Wildman–Crippen LogP) is -4.07. The van der Waals surface area contributed by atoms with Crippen LogP contribution in [0.3, 0.4) is 0 Å². The highest BCUT2D eigenvalue weighted by Crippen LogP contribution is 2.31. The van der Waals surface area contributed by atoms with Crippen LogP contribution >= 0.6 is 0 Å². The molecule has 2 aliphatic heterocycles. The molecule has 32 heavy (non-hydrogen) atoms. The normalized spacial score (nSPS) is 40.6. The zero-order chi connectivity index (χ0) is 24.4. The molecule has 0 spiro atoms. The number of carboxylic acid groups (broad SMARTS) is 1. The Labute approximate surface area is 181 Å². The molecule has 2 heterocycles. The molecule has 4 unspecified atom stereocenters. The van der Waals surface area contributed by atoms with E-state index in [4.69, 9.17) is 28.2 Å². The number of carboxylic acids is 1. The molecule has 2 rings (SSSR count). The number of hydrogen-bond acceptors (Lipinski definition) is 13. The number of carbonyl (C=O) groups excluding carboxylic acids is 1. The van der Waals surface area contributed by atoms with Gasteiger partial charge in [0.25, 0.3) is 0 Å². The average Bonchev–Trinajstić information content (AvgIpc) is 2.68. The minimum absolute atomic E-state index is 0.663. The molecule has 0 radical (unpaired) electrons. The van der Waals surface area contributed by atoms with E-state index in [1.165, 1.54) is 0 Å². The van der Waals surface area contributed by atoms with Crippen molar-refractivity contribution in [2.45, 2.75) is 68.5 Å². The molecule has 0 aromatic carbocycles. The summed E-state index contributed by atoms with van der Waals surface area (Å²) in [6, 6.07) is -1.37. The van der Waals surface area contributed by atoms with E-state index in [9.17, 15) is 38.4 Å². The van der Waals surface area contributed by atoms with Crippen LogP contribution in [-0.4, -0.2) is 121 Å². The summed E-state index contributed by atoms with van der Waals surface area (Å²) in [5.41, 5.74) is 0. The van der Waals surface area contributed by atoms with E-state index in [1.807, 2.05) is 0 Å². The van der Waals surface area contributed by atoms with Crippen LogP contribution in [0.25, 0.3) is 0 Å². The van der Waals surface area contributed by atoms with Crippen LogP contribution in [0, 0.1) is 0 Å². The van der Waals surface area contributed by atoms with Gasteiger partial charge in [-0.3, -0.25) is 9.35 Å². The van der Waals surface area contributed by atoms with Crippen LogP contribution in [0.5, 0.6) is 0 Å². The highest BCUT2D eigenvalue weighted by molar-refractivity contribution is 7.80. The van der Waals surface area contributed by atoms with E-state index in [1.54, 1.807) is 0 Å². The Hall–Kier alpha value is -1.51. The molecule has 16 nitrogen and oxygen atoms in total. The Kier molecular flexibility index (Phi) is 8.87. The van der Waals surface area contributed by atoms with Gasteiger partial charge in [0.05, 0.1) is 0 Å². The minimum atomic E-state index is -5.13. The van der Waals surface area contributed by atoms with Gasteiger partial charge >= 0.3 is 16.4 Å². The van der Waals surface area contributed by atoms with Gasteiger partial charge < -0.3 is 49.4 Å². The lowest BCUT2D eigenvalue weighted by atomic mass is 9.97. The number of ether oxygens (including phenoxy) is 5. The first-order valence-corrected chi connectivity index (χ1v) is 10.4.